The molecule has 0 unspecified atom stereocenters. The fraction of sp³-hybridized carbons (Fsp3) is 0.471. The van der Waals surface area contributed by atoms with E-state index in [1.165, 1.54) is 5.56 Å². The number of carbonyl (C=O) groups excluding carboxylic acids is 1. The number of carbonyl (C=O) groups is 1. The molecule has 120 valence electrons. The molecule has 1 saturated heterocycles. The Kier molecular flexibility index (Phi) is 7.33. The van der Waals surface area contributed by atoms with Crippen LogP contribution in [0.1, 0.15) is 5.56 Å². The topological polar surface area (TPSA) is 35.6 Å². The Labute approximate surface area is 137 Å². The van der Waals surface area contributed by atoms with Crippen molar-refractivity contribution < 1.29 is 4.79 Å². The molecule has 0 radical (unpaired) electrons. The molecule has 0 bridgehead atoms. The van der Waals surface area contributed by atoms with Gasteiger partial charge in [-0.3, -0.25) is 4.90 Å². The molecule has 2 rings (SSSR count). The first-order valence-electron chi connectivity index (χ1n) is 7.75. The maximum absolute atomic E-state index is 12.0. The van der Waals surface area contributed by atoms with E-state index in [-0.39, 0.29) is 6.03 Å². The molecule has 1 aromatic carbocycles. The first-order valence-corrected chi connectivity index (χ1v) is 9.14. The van der Waals surface area contributed by atoms with Crippen molar-refractivity contribution in [2.75, 3.05) is 51.3 Å². The second-order valence-electron chi connectivity index (χ2n) is 5.33. The molecule has 1 aliphatic rings. The summed E-state index contributed by atoms with van der Waals surface area (Å²) in [7, 11) is 0. The first kappa shape index (κ1) is 16.9. The van der Waals surface area contributed by atoms with E-state index in [9.17, 15) is 4.79 Å². The average molecular weight is 319 g/mol. The number of piperazine rings is 1. The van der Waals surface area contributed by atoms with Gasteiger partial charge in [0.2, 0.25) is 0 Å². The van der Waals surface area contributed by atoms with E-state index < -0.39 is 0 Å². The number of amides is 2. The Morgan fingerprint density at radius 2 is 1.95 bits per heavy atom. The lowest BCUT2D eigenvalue weighted by atomic mass is 10.2. The van der Waals surface area contributed by atoms with Crippen LogP contribution in [0.4, 0.5) is 4.79 Å². The minimum absolute atomic E-state index is 0.0773. The number of benzene rings is 1. The third-order valence-electron chi connectivity index (χ3n) is 3.72. The SMILES string of the molecule is CSCCNC(=O)N1CCN(CC=Cc2ccccc2)CC1. The molecule has 4 nitrogen and oxygen atoms in total. The number of urea groups is 1. The maximum Gasteiger partial charge on any atom is 0.317 e. The zero-order valence-electron chi connectivity index (χ0n) is 13.2. The van der Waals surface area contributed by atoms with E-state index in [2.05, 4.69) is 34.5 Å². The molecule has 0 spiro atoms. The summed E-state index contributed by atoms with van der Waals surface area (Å²) in [6.45, 7) is 5.19. The van der Waals surface area contributed by atoms with Crippen LogP contribution >= 0.6 is 11.8 Å². The Morgan fingerprint density at radius 1 is 1.23 bits per heavy atom. The van der Waals surface area contributed by atoms with Crippen molar-refractivity contribution in [1.82, 2.24) is 15.1 Å². The van der Waals surface area contributed by atoms with E-state index in [1.807, 2.05) is 29.4 Å². The van der Waals surface area contributed by atoms with Crippen LogP contribution in [0.2, 0.25) is 0 Å². The van der Waals surface area contributed by atoms with Crippen LogP contribution in [0.5, 0.6) is 0 Å². The lowest BCUT2D eigenvalue weighted by Gasteiger charge is -2.34. The maximum atomic E-state index is 12.0. The molecule has 0 aromatic heterocycles. The summed E-state index contributed by atoms with van der Waals surface area (Å²) in [4.78, 5) is 16.2. The Morgan fingerprint density at radius 3 is 2.64 bits per heavy atom. The third kappa shape index (κ3) is 5.73. The van der Waals surface area contributed by atoms with Gasteiger partial charge in [0.1, 0.15) is 0 Å². The predicted molar refractivity (Wildman–Crippen MR) is 95.3 cm³/mol. The van der Waals surface area contributed by atoms with Crippen molar-refractivity contribution in [1.29, 1.82) is 0 Å². The van der Waals surface area contributed by atoms with Gasteiger partial charge in [0.15, 0.2) is 0 Å². The number of rotatable bonds is 6. The standard InChI is InChI=1S/C17H25N3OS/c1-22-15-9-18-17(21)20-13-11-19(12-14-20)10-5-8-16-6-3-2-4-7-16/h2-8H,9-15H2,1H3,(H,18,21). The zero-order valence-corrected chi connectivity index (χ0v) is 14.0. The highest BCUT2D eigenvalue weighted by Crippen LogP contribution is 2.04. The number of nitrogens with zero attached hydrogens (tertiary/aromatic N) is 2. The van der Waals surface area contributed by atoms with Crippen LogP contribution in [0.15, 0.2) is 36.4 Å². The average Bonchev–Trinajstić information content (AvgIpc) is 2.56. The fourth-order valence-electron chi connectivity index (χ4n) is 2.41. The molecule has 1 aromatic rings. The van der Waals surface area contributed by atoms with E-state index in [4.69, 9.17) is 0 Å². The zero-order chi connectivity index (χ0) is 15.6. The van der Waals surface area contributed by atoms with Gasteiger partial charge in [0.05, 0.1) is 0 Å². The summed E-state index contributed by atoms with van der Waals surface area (Å²) in [5.41, 5.74) is 1.23. The molecule has 0 saturated carbocycles. The summed E-state index contributed by atoms with van der Waals surface area (Å²) in [6.07, 6.45) is 6.40. The summed E-state index contributed by atoms with van der Waals surface area (Å²) in [5.74, 6) is 0.968. The van der Waals surface area contributed by atoms with Gasteiger partial charge >= 0.3 is 6.03 Å². The predicted octanol–water partition coefficient (Wildman–Crippen LogP) is 2.39. The van der Waals surface area contributed by atoms with Crippen LogP contribution in [0.3, 0.4) is 0 Å². The molecular formula is C17H25N3OS. The Balaban J connectivity index is 1.66. The molecule has 1 N–H and O–H groups in total. The van der Waals surface area contributed by atoms with Crippen molar-refractivity contribution in [3.05, 3.63) is 42.0 Å². The van der Waals surface area contributed by atoms with E-state index >= 15 is 0 Å². The monoisotopic (exact) mass is 319 g/mol. The molecule has 0 atom stereocenters. The van der Waals surface area contributed by atoms with Crippen LogP contribution in [0, 0.1) is 0 Å². The quantitative estimate of drug-likeness (QED) is 0.818. The first-order chi connectivity index (χ1) is 10.8. The van der Waals surface area contributed by atoms with Gasteiger partial charge in [-0.05, 0) is 11.8 Å². The number of nitrogens with one attached hydrogen (secondary N) is 1. The van der Waals surface area contributed by atoms with Crippen molar-refractivity contribution >= 4 is 23.9 Å². The Hall–Kier alpha value is -1.46. The van der Waals surface area contributed by atoms with Gasteiger partial charge in [-0.1, -0.05) is 42.5 Å². The van der Waals surface area contributed by atoms with E-state index in [0.717, 1.165) is 45.0 Å². The van der Waals surface area contributed by atoms with Gasteiger partial charge in [-0.2, -0.15) is 11.8 Å². The highest BCUT2D eigenvalue weighted by Gasteiger charge is 2.19. The summed E-state index contributed by atoms with van der Waals surface area (Å²) < 4.78 is 0. The highest BCUT2D eigenvalue weighted by molar-refractivity contribution is 7.98. The highest BCUT2D eigenvalue weighted by atomic mass is 32.2. The lowest BCUT2D eigenvalue weighted by molar-refractivity contribution is 0.147. The summed E-state index contributed by atoms with van der Waals surface area (Å²) in [6, 6.07) is 10.4. The third-order valence-corrected chi connectivity index (χ3v) is 4.33. The van der Waals surface area contributed by atoms with Gasteiger partial charge in [0.25, 0.3) is 0 Å². The van der Waals surface area contributed by atoms with Crippen molar-refractivity contribution in [3.63, 3.8) is 0 Å². The van der Waals surface area contributed by atoms with E-state index in [0.29, 0.717) is 0 Å². The number of thioether (sulfide) groups is 1. The second-order valence-corrected chi connectivity index (χ2v) is 6.31. The van der Waals surface area contributed by atoms with Crippen molar-refractivity contribution in [3.8, 4) is 0 Å². The molecule has 1 aliphatic heterocycles. The number of hydrogen-bond donors (Lipinski definition) is 1. The summed E-state index contributed by atoms with van der Waals surface area (Å²) in [5, 5.41) is 2.97. The minimum Gasteiger partial charge on any atom is -0.337 e. The molecule has 1 fully saturated rings. The van der Waals surface area contributed by atoms with Gasteiger partial charge < -0.3 is 10.2 Å². The molecule has 1 heterocycles. The normalized spacial score (nSPS) is 16.1. The molecular weight excluding hydrogens is 294 g/mol. The summed E-state index contributed by atoms with van der Waals surface area (Å²) >= 11 is 1.75. The molecule has 22 heavy (non-hydrogen) atoms. The van der Waals surface area contributed by atoms with Crippen LogP contribution in [-0.2, 0) is 0 Å². The Bertz CT molecular complexity index is 470. The van der Waals surface area contributed by atoms with Crippen molar-refractivity contribution in [2.45, 2.75) is 0 Å². The molecule has 2 amide bonds. The van der Waals surface area contributed by atoms with Crippen molar-refractivity contribution in [2.24, 2.45) is 0 Å². The van der Waals surface area contributed by atoms with Gasteiger partial charge in [0, 0.05) is 45.0 Å². The smallest absolute Gasteiger partial charge is 0.317 e. The lowest BCUT2D eigenvalue weighted by Crippen LogP contribution is -2.51. The second kappa shape index (κ2) is 9.54. The molecule has 0 aliphatic carbocycles. The van der Waals surface area contributed by atoms with Crippen LogP contribution < -0.4 is 5.32 Å². The molecule has 5 heteroatoms. The van der Waals surface area contributed by atoms with Gasteiger partial charge in [-0.25, -0.2) is 4.79 Å². The minimum atomic E-state index is 0.0773. The van der Waals surface area contributed by atoms with E-state index in [1.54, 1.807) is 11.8 Å². The van der Waals surface area contributed by atoms with Crippen LogP contribution in [-0.4, -0.2) is 67.1 Å². The fourth-order valence-corrected chi connectivity index (χ4v) is 2.71. The largest absolute Gasteiger partial charge is 0.337 e. The number of hydrogen-bond acceptors (Lipinski definition) is 3. The van der Waals surface area contributed by atoms with Gasteiger partial charge in [-0.15, -0.1) is 0 Å². The van der Waals surface area contributed by atoms with Crippen LogP contribution in [0.25, 0.3) is 6.08 Å².